The quantitative estimate of drug-likeness (QED) is 0.772. The maximum absolute atomic E-state index is 12.5. The van der Waals surface area contributed by atoms with Crippen LogP contribution < -0.4 is 15.7 Å². The zero-order valence-electron chi connectivity index (χ0n) is 14.9. The summed E-state index contributed by atoms with van der Waals surface area (Å²) in [4.78, 5) is 24.8. The number of nitriles is 1. The SMILES string of the molecule is Cc1cc(C)n(NC(=O)c2ccc(Oc3ccccc3)cc2)c(=O)c1C#N. The molecule has 27 heavy (non-hydrogen) atoms. The number of nitrogens with one attached hydrogen (secondary N) is 1. The summed E-state index contributed by atoms with van der Waals surface area (Å²) in [6.07, 6.45) is 0. The van der Waals surface area contributed by atoms with Gasteiger partial charge in [0.1, 0.15) is 23.1 Å². The molecule has 0 atom stereocenters. The minimum atomic E-state index is -0.549. The average Bonchev–Trinajstić information content (AvgIpc) is 2.66. The molecule has 6 heteroatoms. The number of hydrogen-bond acceptors (Lipinski definition) is 4. The third kappa shape index (κ3) is 3.88. The zero-order valence-corrected chi connectivity index (χ0v) is 14.9. The fourth-order valence-electron chi connectivity index (χ4n) is 2.63. The van der Waals surface area contributed by atoms with E-state index in [1.54, 1.807) is 44.2 Å². The van der Waals surface area contributed by atoms with Crippen LogP contribution in [0.1, 0.15) is 27.2 Å². The summed E-state index contributed by atoms with van der Waals surface area (Å²) < 4.78 is 6.78. The van der Waals surface area contributed by atoms with Gasteiger partial charge in [0, 0.05) is 11.3 Å². The summed E-state index contributed by atoms with van der Waals surface area (Å²) >= 11 is 0. The third-order valence-corrected chi connectivity index (χ3v) is 4.01. The molecule has 0 radical (unpaired) electrons. The van der Waals surface area contributed by atoms with E-state index >= 15 is 0 Å². The van der Waals surface area contributed by atoms with Crippen molar-refractivity contribution in [2.24, 2.45) is 0 Å². The number of aromatic nitrogens is 1. The number of ether oxygens (including phenoxy) is 1. The summed E-state index contributed by atoms with van der Waals surface area (Å²) in [7, 11) is 0. The van der Waals surface area contributed by atoms with Crippen LogP contribution in [0.5, 0.6) is 11.5 Å². The number of para-hydroxylation sites is 1. The number of pyridine rings is 1. The number of nitrogens with zero attached hydrogens (tertiary/aromatic N) is 2. The molecule has 0 spiro atoms. The molecule has 1 aromatic heterocycles. The molecule has 0 fully saturated rings. The second-order valence-corrected chi connectivity index (χ2v) is 5.98. The molecule has 0 bridgehead atoms. The molecule has 0 saturated carbocycles. The van der Waals surface area contributed by atoms with Gasteiger partial charge in [0.15, 0.2) is 0 Å². The van der Waals surface area contributed by atoms with E-state index in [9.17, 15) is 9.59 Å². The molecule has 0 saturated heterocycles. The first kappa shape index (κ1) is 18.0. The molecule has 0 aliphatic heterocycles. The molecular formula is C21H17N3O3. The van der Waals surface area contributed by atoms with Crippen molar-refractivity contribution in [3.63, 3.8) is 0 Å². The topological polar surface area (TPSA) is 84.1 Å². The van der Waals surface area contributed by atoms with Gasteiger partial charge >= 0.3 is 0 Å². The molecule has 6 nitrogen and oxygen atoms in total. The van der Waals surface area contributed by atoms with Crippen LogP contribution in [-0.2, 0) is 0 Å². The fraction of sp³-hybridized carbons (Fsp3) is 0.0952. The van der Waals surface area contributed by atoms with Gasteiger partial charge in [-0.05, 0) is 61.9 Å². The van der Waals surface area contributed by atoms with Crippen LogP contribution in [0.25, 0.3) is 0 Å². The largest absolute Gasteiger partial charge is 0.457 e. The number of carbonyl (C=O) groups excluding carboxylic acids is 1. The Labute approximate surface area is 156 Å². The maximum Gasteiger partial charge on any atom is 0.287 e. The molecule has 0 unspecified atom stereocenters. The summed E-state index contributed by atoms with van der Waals surface area (Å²) in [5.74, 6) is 0.827. The van der Waals surface area contributed by atoms with E-state index in [2.05, 4.69) is 5.43 Å². The van der Waals surface area contributed by atoms with Crippen LogP contribution in [0.15, 0.2) is 65.5 Å². The highest BCUT2D eigenvalue weighted by Crippen LogP contribution is 2.21. The van der Waals surface area contributed by atoms with Crippen molar-refractivity contribution in [3.8, 4) is 17.6 Å². The molecule has 0 aliphatic carbocycles. The first-order valence-corrected chi connectivity index (χ1v) is 8.27. The molecule has 1 heterocycles. The summed E-state index contributed by atoms with van der Waals surface area (Å²) in [6, 6.07) is 19.4. The van der Waals surface area contributed by atoms with Gasteiger partial charge in [-0.15, -0.1) is 0 Å². The number of benzene rings is 2. The van der Waals surface area contributed by atoms with Crippen LogP contribution in [0.2, 0.25) is 0 Å². The molecular weight excluding hydrogens is 342 g/mol. The third-order valence-electron chi connectivity index (χ3n) is 4.01. The second-order valence-electron chi connectivity index (χ2n) is 5.98. The van der Waals surface area contributed by atoms with E-state index < -0.39 is 11.5 Å². The Morgan fingerprint density at radius 1 is 1.04 bits per heavy atom. The van der Waals surface area contributed by atoms with Crippen molar-refractivity contribution in [1.29, 1.82) is 5.26 Å². The van der Waals surface area contributed by atoms with E-state index in [1.165, 1.54) is 0 Å². The zero-order chi connectivity index (χ0) is 19.4. The van der Waals surface area contributed by atoms with Gasteiger partial charge in [0.2, 0.25) is 0 Å². The van der Waals surface area contributed by atoms with Crippen molar-refractivity contribution in [2.75, 3.05) is 5.43 Å². The predicted octanol–water partition coefficient (Wildman–Crippen LogP) is 3.51. The highest BCUT2D eigenvalue weighted by molar-refractivity contribution is 6.00. The maximum atomic E-state index is 12.5. The number of carbonyl (C=O) groups is 1. The van der Waals surface area contributed by atoms with Crippen molar-refractivity contribution in [3.05, 3.63) is 93.4 Å². The summed E-state index contributed by atoms with van der Waals surface area (Å²) in [6.45, 7) is 3.37. The standard InChI is InChI=1S/C21H17N3O3/c1-14-12-15(2)24(21(26)19(14)13-22)23-20(25)16-8-10-18(11-9-16)27-17-6-4-3-5-7-17/h3-12H,1-2H3,(H,23,25). The molecule has 1 N–H and O–H groups in total. The Morgan fingerprint density at radius 3 is 2.30 bits per heavy atom. The highest BCUT2D eigenvalue weighted by Gasteiger charge is 2.13. The first-order valence-electron chi connectivity index (χ1n) is 8.27. The van der Waals surface area contributed by atoms with Crippen molar-refractivity contribution >= 4 is 5.91 Å². The van der Waals surface area contributed by atoms with Gasteiger partial charge in [-0.3, -0.25) is 15.0 Å². The van der Waals surface area contributed by atoms with Crippen LogP contribution in [0.3, 0.4) is 0 Å². The molecule has 3 rings (SSSR count). The van der Waals surface area contributed by atoms with Crippen LogP contribution >= 0.6 is 0 Å². The number of rotatable bonds is 4. The van der Waals surface area contributed by atoms with E-state index in [-0.39, 0.29) is 5.56 Å². The lowest BCUT2D eigenvalue weighted by Gasteiger charge is -2.13. The summed E-state index contributed by atoms with van der Waals surface area (Å²) in [5, 5.41) is 9.13. The Balaban J connectivity index is 1.80. The molecule has 134 valence electrons. The first-order chi connectivity index (χ1) is 13.0. The van der Waals surface area contributed by atoms with E-state index in [0.717, 1.165) is 4.68 Å². The predicted molar refractivity (Wildman–Crippen MR) is 102 cm³/mol. The minimum Gasteiger partial charge on any atom is -0.457 e. The van der Waals surface area contributed by atoms with Crippen molar-refractivity contribution < 1.29 is 9.53 Å². The normalized spacial score (nSPS) is 10.1. The van der Waals surface area contributed by atoms with Gasteiger partial charge in [0.05, 0.1) is 0 Å². The van der Waals surface area contributed by atoms with E-state index in [0.29, 0.717) is 28.3 Å². The number of aryl methyl sites for hydroxylation is 2. The number of hydrogen-bond donors (Lipinski definition) is 1. The fourth-order valence-corrected chi connectivity index (χ4v) is 2.63. The highest BCUT2D eigenvalue weighted by atomic mass is 16.5. The van der Waals surface area contributed by atoms with Gasteiger partial charge in [0.25, 0.3) is 11.5 Å². The van der Waals surface area contributed by atoms with Crippen molar-refractivity contribution in [2.45, 2.75) is 13.8 Å². The monoisotopic (exact) mass is 359 g/mol. The lowest BCUT2D eigenvalue weighted by molar-refractivity contribution is 0.101. The Hall–Kier alpha value is -3.85. The smallest absolute Gasteiger partial charge is 0.287 e. The lowest BCUT2D eigenvalue weighted by atomic mass is 10.1. The molecule has 1 amide bonds. The van der Waals surface area contributed by atoms with Gasteiger partial charge in [-0.1, -0.05) is 18.2 Å². The Bertz CT molecular complexity index is 1080. The number of amides is 1. The average molecular weight is 359 g/mol. The van der Waals surface area contributed by atoms with Crippen LogP contribution in [0, 0.1) is 25.2 Å². The Kier molecular flexibility index (Phi) is 5.04. The van der Waals surface area contributed by atoms with Gasteiger partial charge in [-0.2, -0.15) is 5.26 Å². The Morgan fingerprint density at radius 2 is 1.67 bits per heavy atom. The van der Waals surface area contributed by atoms with Gasteiger partial charge < -0.3 is 4.74 Å². The van der Waals surface area contributed by atoms with E-state index in [1.807, 2.05) is 36.4 Å². The van der Waals surface area contributed by atoms with Gasteiger partial charge in [-0.25, -0.2) is 4.68 Å². The molecule has 3 aromatic rings. The minimum absolute atomic E-state index is 0.00695. The van der Waals surface area contributed by atoms with Crippen LogP contribution in [0.4, 0.5) is 0 Å². The lowest BCUT2D eigenvalue weighted by Crippen LogP contribution is -2.36. The van der Waals surface area contributed by atoms with Crippen LogP contribution in [-0.4, -0.2) is 10.6 Å². The second kappa shape index (κ2) is 7.58. The molecule has 2 aromatic carbocycles. The van der Waals surface area contributed by atoms with Crippen molar-refractivity contribution in [1.82, 2.24) is 4.68 Å². The van der Waals surface area contributed by atoms with E-state index in [4.69, 9.17) is 10.00 Å². The molecule has 0 aliphatic rings. The summed E-state index contributed by atoms with van der Waals surface area (Å²) in [5.41, 5.74) is 3.47.